The summed E-state index contributed by atoms with van der Waals surface area (Å²) in [6.45, 7) is 5.79. The lowest BCUT2D eigenvalue weighted by Gasteiger charge is -2.32. The van der Waals surface area contributed by atoms with Crippen LogP contribution in [0.25, 0.3) is 0 Å². The third-order valence-electron chi connectivity index (χ3n) is 5.30. The van der Waals surface area contributed by atoms with Gasteiger partial charge in [-0.15, -0.1) is 0 Å². The molecule has 3 rings (SSSR count). The van der Waals surface area contributed by atoms with Crippen LogP contribution in [0, 0.1) is 6.92 Å². The van der Waals surface area contributed by atoms with E-state index in [0.29, 0.717) is 18.5 Å². The van der Waals surface area contributed by atoms with Crippen molar-refractivity contribution in [2.24, 2.45) is 15.7 Å². The third kappa shape index (κ3) is 3.97. The van der Waals surface area contributed by atoms with Gasteiger partial charge in [-0.25, -0.2) is 9.98 Å². The predicted octanol–water partition coefficient (Wildman–Crippen LogP) is 2.37. The highest BCUT2D eigenvalue weighted by Crippen LogP contribution is 2.25. The molecule has 0 aliphatic carbocycles. The number of hydrogen-bond donors (Lipinski definition) is 2. The average Bonchev–Trinajstić information content (AvgIpc) is 2.63. The van der Waals surface area contributed by atoms with E-state index in [1.54, 1.807) is 0 Å². The minimum atomic E-state index is -0.0779. The normalized spacial score (nSPS) is 23.7. The summed E-state index contributed by atoms with van der Waals surface area (Å²) in [5.74, 6) is 0.670. The molecule has 1 aromatic carbocycles. The van der Waals surface area contributed by atoms with Gasteiger partial charge in [0, 0.05) is 31.9 Å². The maximum Gasteiger partial charge on any atom is 0.226 e. The number of guanidine groups is 1. The molecule has 1 aromatic rings. The molecule has 2 heterocycles. The fourth-order valence-corrected chi connectivity index (χ4v) is 3.57. The number of rotatable bonds is 4. The van der Waals surface area contributed by atoms with E-state index in [9.17, 15) is 0 Å². The first-order valence-corrected chi connectivity index (χ1v) is 9.31. The molecule has 2 aliphatic heterocycles. The molecule has 0 amide bonds. The smallest absolute Gasteiger partial charge is 0.226 e. The molecule has 0 spiro atoms. The van der Waals surface area contributed by atoms with Crippen molar-refractivity contribution in [2.75, 3.05) is 20.6 Å². The molecule has 2 aliphatic rings. The number of nitrogens with two attached hydrogens (primary N) is 1. The Hall–Kier alpha value is -2.18. The van der Waals surface area contributed by atoms with Crippen molar-refractivity contribution < 1.29 is 0 Å². The number of aryl methyl sites for hydroxylation is 1. The molecule has 0 radical (unpaired) electrons. The van der Waals surface area contributed by atoms with Crippen LogP contribution >= 0.6 is 0 Å². The highest BCUT2D eigenvalue weighted by atomic mass is 15.3. The molecule has 2 unspecified atom stereocenters. The Bertz CT molecular complexity index is 736. The van der Waals surface area contributed by atoms with Crippen LogP contribution in [0.4, 0.5) is 0 Å². The molecule has 2 atom stereocenters. The fraction of sp³-hybridized carbons (Fsp3) is 0.500. The van der Waals surface area contributed by atoms with Crippen LogP contribution in [0.15, 0.2) is 40.0 Å². The summed E-state index contributed by atoms with van der Waals surface area (Å²) in [6.07, 6.45) is 6.28. The summed E-state index contributed by atoms with van der Waals surface area (Å²) in [6, 6.07) is 7.00. The van der Waals surface area contributed by atoms with Gasteiger partial charge in [0.15, 0.2) is 6.17 Å². The van der Waals surface area contributed by atoms with E-state index in [4.69, 9.17) is 10.7 Å². The van der Waals surface area contributed by atoms with Crippen LogP contribution in [-0.2, 0) is 6.54 Å². The molecule has 0 bridgehead atoms. The van der Waals surface area contributed by atoms with Crippen LogP contribution < -0.4 is 11.1 Å². The lowest BCUT2D eigenvalue weighted by atomic mass is 10.0. The van der Waals surface area contributed by atoms with Gasteiger partial charge in [-0.2, -0.15) is 0 Å². The van der Waals surface area contributed by atoms with Crippen molar-refractivity contribution in [3.63, 3.8) is 0 Å². The first-order chi connectivity index (χ1) is 12.5. The van der Waals surface area contributed by atoms with Gasteiger partial charge in [0.25, 0.3) is 0 Å². The second-order valence-corrected chi connectivity index (χ2v) is 7.19. The maximum absolute atomic E-state index is 5.78. The Morgan fingerprint density at radius 2 is 2.12 bits per heavy atom. The monoisotopic (exact) mass is 354 g/mol. The van der Waals surface area contributed by atoms with Crippen molar-refractivity contribution in [1.82, 2.24) is 15.1 Å². The molecule has 0 saturated carbocycles. The number of nitrogens with one attached hydrogen (secondary N) is 1. The zero-order valence-electron chi connectivity index (χ0n) is 16.2. The second-order valence-electron chi connectivity index (χ2n) is 7.19. The molecule has 3 N–H and O–H groups in total. The maximum atomic E-state index is 5.78. The van der Waals surface area contributed by atoms with E-state index in [1.807, 2.05) is 18.3 Å². The van der Waals surface area contributed by atoms with E-state index in [2.05, 4.69) is 60.4 Å². The molecule has 140 valence electrons. The van der Waals surface area contributed by atoms with E-state index in [-0.39, 0.29) is 6.17 Å². The average molecular weight is 355 g/mol. The van der Waals surface area contributed by atoms with Gasteiger partial charge in [-0.1, -0.05) is 31.2 Å². The van der Waals surface area contributed by atoms with Gasteiger partial charge in [-0.05, 0) is 43.5 Å². The van der Waals surface area contributed by atoms with Crippen molar-refractivity contribution in [2.45, 2.75) is 45.4 Å². The summed E-state index contributed by atoms with van der Waals surface area (Å²) >= 11 is 0. The number of nitrogens with zero attached hydrogens (tertiary/aromatic N) is 4. The van der Waals surface area contributed by atoms with Crippen molar-refractivity contribution >= 4 is 12.3 Å². The molecule has 0 fully saturated rings. The summed E-state index contributed by atoms with van der Waals surface area (Å²) in [5, 5.41) is 3.42. The Balaban J connectivity index is 1.77. The number of likely N-dealkylation sites (N-methyl/N-ethyl adjacent to an activating group) is 1. The first kappa shape index (κ1) is 18.6. The van der Waals surface area contributed by atoms with Gasteiger partial charge >= 0.3 is 0 Å². The SMILES string of the molecule is CCC1CC=C(NC2=NC(c3ccc(CN)c(C)c3)N(C)C=N2)CN1C. The van der Waals surface area contributed by atoms with Gasteiger partial charge in [0.05, 0.1) is 6.34 Å². The van der Waals surface area contributed by atoms with Gasteiger partial charge in [-0.3, -0.25) is 4.90 Å². The fourth-order valence-electron chi connectivity index (χ4n) is 3.57. The van der Waals surface area contributed by atoms with Crippen molar-refractivity contribution in [3.05, 3.63) is 46.7 Å². The predicted molar refractivity (Wildman–Crippen MR) is 108 cm³/mol. The molecule has 0 aromatic heterocycles. The second kappa shape index (κ2) is 8.01. The van der Waals surface area contributed by atoms with Crippen LogP contribution in [0.5, 0.6) is 0 Å². The number of aliphatic imine (C=N–C) groups is 2. The molecule has 6 heteroatoms. The van der Waals surface area contributed by atoms with E-state index in [0.717, 1.165) is 18.5 Å². The lowest BCUT2D eigenvalue weighted by molar-refractivity contribution is 0.240. The van der Waals surface area contributed by atoms with Crippen LogP contribution in [0.2, 0.25) is 0 Å². The Morgan fingerprint density at radius 3 is 2.77 bits per heavy atom. The lowest BCUT2D eigenvalue weighted by Crippen LogP contribution is -2.41. The van der Waals surface area contributed by atoms with Crippen LogP contribution in [0.3, 0.4) is 0 Å². The van der Waals surface area contributed by atoms with Gasteiger partial charge in [0.2, 0.25) is 5.96 Å². The molecule has 26 heavy (non-hydrogen) atoms. The Kier molecular flexibility index (Phi) is 5.74. The highest BCUT2D eigenvalue weighted by Gasteiger charge is 2.22. The summed E-state index contributed by atoms with van der Waals surface area (Å²) in [4.78, 5) is 13.7. The molecule has 6 nitrogen and oxygen atoms in total. The Labute approximate surface area is 156 Å². The third-order valence-corrected chi connectivity index (χ3v) is 5.30. The van der Waals surface area contributed by atoms with Gasteiger partial charge in [0.1, 0.15) is 0 Å². The highest BCUT2D eigenvalue weighted by molar-refractivity contribution is 5.90. The van der Waals surface area contributed by atoms with Gasteiger partial charge < -0.3 is 16.0 Å². The number of benzene rings is 1. The topological polar surface area (TPSA) is 69.2 Å². The van der Waals surface area contributed by atoms with Crippen molar-refractivity contribution in [1.29, 1.82) is 0 Å². The zero-order chi connectivity index (χ0) is 18.7. The largest absolute Gasteiger partial charge is 0.340 e. The summed E-state index contributed by atoms with van der Waals surface area (Å²) in [5.41, 5.74) is 10.5. The van der Waals surface area contributed by atoms with E-state index >= 15 is 0 Å². The van der Waals surface area contributed by atoms with Crippen LogP contribution in [0.1, 0.15) is 42.6 Å². The molecule has 0 saturated heterocycles. The quantitative estimate of drug-likeness (QED) is 0.871. The Morgan fingerprint density at radius 1 is 1.31 bits per heavy atom. The number of hydrogen-bond acceptors (Lipinski definition) is 6. The van der Waals surface area contributed by atoms with Crippen LogP contribution in [-0.4, -0.2) is 48.8 Å². The zero-order valence-corrected chi connectivity index (χ0v) is 16.2. The van der Waals surface area contributed by atoms with E-state index < -0.39 is 0 Å². The summed E-state index contributed by atoms with van der Waals surface area (Å²) < 4.78 is 0. The minimum absolute atomic E-state index is 0.0779. The summed E-state index contributed by atoms with van der Waals surface area (Å²) in [7, 11) is 4.17. The minimum Gasteiger partial charge on any atom is -0.340 e. The standard InChI is InChI=1S/C20H30N6/c1-5-18-9-8-17(12-25(18)3)23-20-22-13-26(4)19(24-20)15-6-7-16(11-21)14(2)10-15/h6-8,10,13,18-19H,5,9,11-12,21H2,1-4H3,(H,23,24). The molecular formula is C20H30N6. The molecular weight excluding hydrogens is 324 g/mol. The van der Waals surface area contributed by atoms with Crippen molar-refractivity contribution in [3.8, 4) is 0 Å². The van der Waals surface area contributed by atoms with E-state index in [1.165, 1.54) is 23.2 Å². The first-order valence-electron chi connectivity index (χ1n) is 9.31.